The van der Waals surface area contributed by atoms with E-state index in [0.717, 1.165) is 12.1 Å². The van der Waals surface area contributed by atoms with E-state index in [1.807, 2.05) is 0 Å². The molecule has 13 nitrogen and oxygen atoms in total. The number of aliphatic hydroxyl groups is 4. The molecule has 1 aliphatic heterocycles. The summed E-state index contributed by atoms with van der Waals surface area (Å²) in [6.45, 7) is -1.23. The number of hydrogen-bond donors (Lipinski definition) is 7. The minimum atomic E-state index is -1.78. The summed E-state index contributed by atoms with van der Waals surface area (Å²) in [5.41, 5.74) is -0.412. The fourth-order valence-electron chi connectivity index (χ4n) is 3.57. The highest BCUT2D eigenvalue weighted by atomic mass is 16.7. The van der Waals surface area contributed by atoms with Crippen LogP contribution in [0, 0.1) is 0 Å². The molecule has 1 fully saturated rings. The SMILES string of the molecule is O=C(COc1cc(O)c2c(=O)cc(-c3ccc(O)c(O)c3)oc2c1)OC[C@@H]1OC(O)[C@@H](O)[C@H](O)[C@H]1O. The Morgan fingerprint density at radius 3 is 2.36 bits per heavy atom. The highest BCUT2D eigenvalue weighted by Crippen LogP contribution is 2.34. The van der Waals surface area contributed by atoms with Crippen LogP contribution in [0.25, 0.3) is 22.3 Å². The fourth-order valence-corrected chi connectivity index (χ4v) is 3.57. The van der Waals surface area contributed by atoms with E-state index < -0.39 is 66.8 Å². The summed E-state index contributed by atoms with van der Waals surface area (Å²) < 4.78 is 20.8. The maximum atomic E-state index is 12.5. The van der Waals surface area contributed by atoms with Crippen LogP contribution in [0.5, 0.6) is 23.0 Å². The van der Waals surface area contributed by atoms with Crippen LogP contribution in [-0.4, -0.2) is 85.6 Å². The second-order valence-corrected chi connectivity index (χ2v) is 8.00. The molecule has 0 bridgehead atoms. The van der Waals surface area contributed by atoms with Gasteiger partial charge in [0.25, 0.3) is 0 Å². The minimum absolute atomic E-state index is 0.0271. The van der Waals surface area contributed by atoms with E-state index in [1.54, 1.807) is 0 Å². The smallest absolute Gasteiger partial charge is 0.344 e. The van der Waals surface area contributed by atoms with Crippen molar-refractivity contribution in [2.75, 3.05) is 13.2 Å². The average molecular weight is 506 g/mol. The molecule has 36 heavy (non-hydrogen) atoms. The first-order valence-corrected chi connectivity index (χ1v) is 10.5. The lowest BCUT2D eigenvalue weighted by Gasteiger charge is -2.37. The van der Waals surface area contributed by atoms with Crippen LogP contribution in [0.1, 0.15) is 0 Å². The summed E-state index contributed by atoms with van der Waals surface area (Å²) in [5.74, 6) is -2.25. The van der Waals surface area contributed by atoms with Crippen molar-refractivity contribution in [3.05, 3.63) is 46.6 Å². The number of hydrogen-bond acceptors (Lipinski definition) is 13. The molecule has 0 radical (unpaired) electrons. The molecule has 0 aliphatic carbocycles. The summed E-state index contributed by atoms with van der Waals surface area (Å²) in [5, 5.41) is 67.8. The quantitative estimate of drug-likeness (QED) is 0.163. The molecule has 2 aromatic carbocycles. The maximum absolute atomic E-state index is 12.5. The second kappa shape index (κ2) is 10.0. The Balaban J connectivity index is 1.46. The van der Waals surface area contributed by atoms with Gasteiger partial charge in [-0.1, -0.05) is 0 Å². The summed E-state index contributed by atoms with van der Waals surface area (Å²) in [7, 11) is 0. The van der Waals surface area contributed by atoms with Gasteiger partial charge in [-0.05, 0) is 18.2 Å². The monoisotopic (exact) mass is 506 g/mol. The predicted octanol–water partition coefficient (Wildman–Crippen LogP) is -0.701. The highest BCUT2D eigenvalue weighted by molar-refractivity contribution is 5.86. The van der Waals surface area contributed by atoms with Crippen molar-refractivity contribution in [3.63, 3.8) is 0 Å². The number of aliphatic hydroxyl groups excluding tert-OH is 4. The van der Waals surface area contributed by atoms with Gasteiger partial charge >= 0.3 is 5.97 Å². The van der Waals surface area contributed by atoms with Crippen molar-refractivity contribution >= 4 is 16.9 Å². The molecule has 192 valence electrons. The van der Waals surface area contributed by atoms with Gasteiger partial charge in [-0.3, -0.25) is 4.79 Å². The molecule has 13 heteroatoms. The first kappa shape index (κ1) is 25.2. The summed E-state index contributed by atoms with van der Waals surface area (Å²) in [6.07, 6.45) is -8.15. The highest BCUT2D eigenvalue weighted by Gasteiger charge is 2.43. The lowest BCUT2D eigenvalue weighted by molar-refractivity contribution is -0.287. The Labute approximate surface area is 201 Å². The molecule has 1 aliphatic rings. The van der Waals surface area contributed by atoms with Gasteiger partial charge in [0, 0.05) is 23.8 Å². The van der Waals surface area contributed by atoms with Crippen LogP contribution in [-0.2, 0) is 14.3 Å². The van der Waals surface area contributed by atoms with Gasteiger partial charge in [0.05, 0.1) is 0 Å². The molecular formula is C23H22O13. The van der Waals surface area contributed by atoms with Gasteiger partial charge < -0.3 is 54.4 Å². The number of carbonyl (C=O) groups excluding carboxylic acids is 1. The van der Waals surface area contributed by atoms with Gasteiger partial charge in [0.2, 0.25) is 0 Å². The number of ether oxygens (including phenoxy) is 3. The number of benzene rings is 2. The lowest BCUT2D eigenvalue weighted by Crippen LogP contribution is -2.58. The van der Waals surface area contributed by atoms with Gasteiger partial charge in [-0.25, -0.2) is 4.79 Å². The van der Waals surface area contributed by atoms with Crippen molar-refractivity contribution < 1.29 is 59.2 Å². The van der Waals surface area contributed by atoms with E-state index in [0.29, 0.717) is 0 Å². The van der Waals surface area contributed by atoms with Crippen LogP contribution in [0.15, 0.2) is 45.6 Å². The zero-order chi connectivity index (χ0) is 26.1. The van der Waals surface area contributed by atoms with Crippen LogP contribution in [0.4, 0.5) is 0 Å². The number of carbonyl (C=O) groups is 1. The van der Waals surface area contributed by atoms with Crippen molar-refractivity contribution in [1.29, 1.82) is 0 Å². The Kier molecular flexibility index (Phi) is 7.01. The van der Waals surface area contributed by atoms with E-state index in [1.165, 1.54) is 24.3 Å². The van der Waals surface area contributed by atoms with E-state index in [4.69, 9.17) is 18.6 Å². The van der Waals surface area contributed by atoms with Crippen LogP contribution < -0.4 is 10.2 Å². The first-order valence-electron chi connectivity index (χ1n) is 10.5. The van der Waals surface area contributed by atoms with E-state index >= 15 is 0 Å². The van der Waals surface area contributed by atoms with Crippen molar-refractivity contribution in [2.45, 2.75) is 30.7 Å². The molecule has 4 rings (SSSR count). The number of phenolic OH excluding ortho intramolecular Hbond substituents is 3. The fraction of sp³-hybridized carbons (Fsp3) is 0.304. The second-order valence-electron chi connectivity index (χ2n) is 8.00. The topological polar surface area (TPSA) is 217 Å². The molecule has 0 spiro atoms. The zero-order valence-electron chi connectivity index (χ0n) is 18.3. The van der Waals surface area contributed by atoms with Crippen LogP contribution in [0.2, 0.25) is 0 Å². The Morgan fingerprint density at radius 1 is 0.889 bits per heavy atom. The predicted molar refractivity (Wildman–Crippen MR) is 118 cm³/mol. The number of aromatic hydroxyl groups is 3. The normalized spacial score (nSPS) is 23.9. The largest absolute Gasteiger partial charge is 0.507 e. The standard InChI is InChI=1S/C23H22O13/c24-11-2-1-9(3-12(11)25)15-6-14(27)19-13(26)4-10(5-16(19)35-15)33-8-18(28)34-7-17-20(29)21(30)22(31)23(32)36-17/h1-6,17,20-26,29-32H,7-8H2/t17-,20-,21+,22-,23?/m0/s1. The van der Waals surface area contributed by atoms with Crippen LogP contribution in [0.3, 0.4) is 0 Å². The number of fused-ring (bicyclic) bond motifs is 1. The third kappa shape index (κ3) is 5.05. The van der Waals surface area contributed by atoms with Crippen LogP contribution >= 0.6 is 0 Å². The van der Waals surface area contributed by atoms with Gasteiger partial charge in [-0.15, -0.1) is 0 Å². The van der Waals surface area contributed by atoms with E-state index in [-0.39, 0.29) is 33.8 Å². The molecule has 5 atom stereocenters. The lowest BCUT2D eigenvalue weighted by atomic mass is 9.99. The molecule has 3 aromatic rings. The van der Waals surface area contributed by atoms with E-state index in [2.05, 4.69) is 0 Å². The van der Waals surface area contributed by atoms with Crippen molar-refractivity contribution in [2.24, 2.45) is 0 Å². The molecule has 1 aromatic heterocycles. The van der Waals surface area contributed by atoms with Gasteiger partial charge in [0.1, 0.15) is 59.3 Å². The Bertz CT molecular complexity index is 1330. The summed E-state index contributed by atoms with van der Waals surface area (Å²) in [6, 6.07) is 7.22. The number of rotatable bonds is 6. The Hall–Kier alpha value is -3.88. The van der Waals surface area contributed by atoms with Crippen molar-refractivity contribution in [3.8, 4) is 34.3 Å². The maximum Gasteiger partial charge on any atom is 0.344 e. The molecule has 7 N–H and O–H groups in total. The van der Waals surface area contributed by atoms with E-state index in [9.17, 15) is 45.3 Å². The number of phenols is 3. The minimum Gasteiger partial charge on any atom is -0.507 e. The molecule has 1 unspecified atom stereocenters. The molecule has 0 saturated carbocycles. The molecule has 2 heterocycles. The zero-order valence-corrected chi connectivity index (χ0v) is 18.3. The third-order valence-electron chi connectivity index (χ3n) is 5.50. The summed E-state index contributed by atoms with van der Waals surface area (Å²) >= 11 is 0. The third-order valence-corrected chi connectivity index (χ3v) is 5.50. The Morgan fingerprint density at radius 2 is 1.64 bits per heavy atom. The number of esters is 1. The molecule has 1 saturated heterocycles. The first-order chi connectivity index (χ1) is 17.0. The van der Waals surface area contributed by atoms with Crippen molar-refractivity contribution in [1.82, 2.24) is 0 Å². The molecule has 0 amide bonds. The van der Waals surface area contributed by atoms with Gasteiger partial charge in [-0.2, -0.15) is 0 Å². The summed E-state index contributed by atoms with van der Waals surface area (Å²) in [4.78, 5) is 24.6. The average Bonchev–Trinajstić information content (AvgIpc) is 2.84. The van der Waals surface area contributed by atoms with Gasteiger partial charge in [0.15, 0.2) is 29.8 Å². The molecular weight excluding hydrogens is 484 g/mol.